The predicted molar refractivity (Wildman–Crippen MR) is 82.6 cm³/mol. The van der Waals surface area contributed by atoms with Crippen LogP contribution in [-0.2, 0) is 6.54 Å². The van der Waals surface area contributed by atoms with Crippen LogP contribution in [0.1, 0.15) is 38.7 Å². The lowest BCUT2D eigenvalue weighted by Crippen LogP contribution is -2.55. The summed E-state index contributed by atoms with van der Waals surface area (Å²) < 4.78 is 13.6. The third kappa shape index (κ3) is 3.94. The van der Waals surface area contributed by atoms with Gasteiger partial charge in [-0.15, -0.1) is 0 Å². The highest BCUT2D eigenvalue weighted by molar-refractivity contribution is 6.30. The average Bonchev–Trinajstić information content (AvgIpc) is 2.45. The van der Waals surface area contributed by atoms with E-state index in [2.05, 4.69) is 24.1 Å². The van der Waals surface area contributed by atoms with Crippen LogP contribution in [0.2, 0.25) is 5.02 Å². The molecule has 0 spiro atoms. The second-order valence-corrected chi connectivity index (χ2v) is 6.04. The first kappa shape index (κ1) is 15.7. The van der Waals surface area contributed by atoms with Crippen molar-refractivity contribution in [1.82, 2.24) is 10.2 Å². The molecule has 2 nitrogen and oxygen atoms in total. The zero-order valence-corrected chi connectivity index (χ0v) is 13.1. The van der Waals surface area contributed by atoms with Gasteiger partial charge in [0.1, 0.15) is 5.82 Å². The van der Waals surface area contributed by atoms with E-state index >= 15 is 0 Å². The maximum Gasteiger partial charge on any atom is 0.142 e. The van der Waals surface area contributed by atoms with E-state index in [4.69, 9.17) is 11.6 Å². The molecule has 0 aromatic heterocycles. The second kappa shape index (κ2) is 7.39. The molecule has 20 heavy (non-hydrogen) atoms. The van der Waals surface area contributed by atoms with Gasteiger partial charge in [-0.2, -0.15) is 0 Å². The van der Waals surface area contributed by atoms with Crippen molar-refractivity contribution in [2.75, 3.05) is 13.1 Å². The monoisotopic (exact) mass is 298 g/mol. The standard InChI is InChI=1S/C16H24ClFN2/c1-3-5-14-9-19-13(4-2)11-20(14)10-12-6-7-15(17)16(18)8-12/h6-8,13-14,19H,3-5,9-11H2,1-2H3. The number of rotatable bonds is 5. The van der Waals surface area contributed by atoms with E-state index in [1.54, 1.807) is 12.1 Å². The molecular formula is C16H24ClFN2. The summed E-state index contributed by atoms with van der Waals surface area (Å²) in [6.45, 7) is 7.29. The predicted octanol–water partition coefficient (Wildman–Crippen LogP) is 3.83. The molecule has 0 radical (unpaired) electrons. The Morgan fingerprint density at radius 1 is 1.40 bits per heavy atom. The average molecular weight is 299 g/mol. The van der Waals surface area contributed by atoms with Gasteiger partial charge in [-0.1, -0.05) is 37.9 Å². The summed E-state index contributed by atoms with van der Waals surface area (Å²) in [7, 11) is 0. The van der Waals surface area contributed by atoms with Crippen LogP contribution in [-0.4, -0.2) is 30.1 Å². The van der Waals surface area contributed by atoms with Crippen molar-refractivity contribution in [3.8, 4) is 0 Å². The molecule has 0 bridgehead atoms. The quantitative estimate of drug-likeness (QED) is 0.889. The lowest BCUT2D eigenvalue weighted by atomic mass is 10.0. The van der Waals surface area contributed by atoms with Crippen LogP contribution < -0.4 is 5.32 Å². The summed E-state index contributed by atoms with van der Waals surface area (Å²) >= 11 is 5.75. The zero-order valence-electron chi connectivity index (χ0n) is 12.3. The largest absolute Gasteiger partial charge is 0.311 e. The lowest BCUT2D eigenvalue weighted by molar-refractivity contribution is 0.113. The molecule has 112 valence electrons. The summed E-state index contributed by atoms with van der Waals surface area (Å²) in [5, 5.41) is 3.80. The van der Waals surface area contributed by atoms with Gasteiger partial charge in [0.05, 0.1) is 5.02 Å². The van der Waals surface area contributed by atoms with Gasteiger partial charge in [-0.25, -0.2) is 4.39 Å². The Morgan fingerprint density at radius 2 is 2.20 bits per heavy atom. The fourth-order valence-corrected chi connectivity index (χ4v) is 3.00. The highest BCUT2D eigenvalue weighted by atomic mass is 35.5. The van der Waals surface area contributed by atoms with Gasteiger partial charge in [0.2, 0.25) is 0 Å². The van der Waals surface area contributed by atoms with Gasteiger partial charge >= 0.3 is 0 Å². The summed E-state index contributed by atoms with van der Waals surface area (Å²) in [5.41, 5.74) is 1.00. The molecule has 2 unspecified atom stereocenters. The van der Waals surface area contributed by atoms with Gasteiger partial charge < -0.3 is 5.32 Å². The van der Waals surface area contributed by atoms with Crippen LogP contribution in [0.3, 0.4) is 0 Å². The summed E-state index contributed by atoms with van der Waals surface area (Å²) in [6.07, 6.45) is 3.48. The Bertz CT molecular complexity index is 438. The first-order valence-electron chi connectivity index (χ1n) is 7.55. The normalized spacial score (nSPS) is 24.0. The van der Waals surface area contributed by atoms with Crippen molar-refractivity contribution in [3.05, 3.63) is 34.6 Å². The number of nitrogens with one attached hydrogen (secondary N) is 1. The van der Waals surface area contributed by atoms with E-state index in [0.29, 0.717) is 12.1 Å². The molecule has 1 aromatic rings. The Hall–Kier alpha value is -0.640. The van der Waals surface area contributed by atoms with Gasteiger partial charge in [-0.3, -0.25) is 4.90 Å². The third-order valence-electron chi connectivity index (χ3n) is 4.10. The molecule has 0 aliphatic carbocycles. The number of piperazine rings is 1. The van der Waals surface area contributed by atoms with Crippen molar-refractivity contribution in [3.63, 3.8) is 0 Å². The molecular weight excluding hydrogens is 275 g/mol. The van der Waals surface area contributed by atoms with Crippen molar-refractivity contribution in [2.45, 2.75) is 51.7 Å². The van der Waals surface area contributed by atoms with Gasteiger partial charge in [0, 0.05) is 31.7 Å². The van der Waals surface area contributed by atoms with E-state index in [1.165, 1.54) is 12.8 Å². The minimum Gasteiger partial charge on any atom is -0.311 e. The Labute approximate surface area is 126 Å². The molecule has 1 fully saturated rings. The van der Waals surface area contributed by atoms with Crippen LogP contribution in [0.15, 0.2) is 18.2 Å². The molecule has 1 aliphatic rings. The van der Waals surface area contributed by atoms with Crippen LogP contribution in [0.4, 0.5) is 4.39 Å². The molecule has 0 amide bonds. The smallest absolute Gasteiger partial charge is 0.142 e. The first-order valence-corrected chi connectivity index (χ1v) is 7.93. The topological polar surface area (TPSA) is 15.3 Å². The van der Waals surface area contributed by atoms with Crippen LogP contribution in [0, 0.1) is 5.82 Å². The van der Waals surface area contributed by atoms with Crippen molar-refractivity contribution in [1.29, 1.82) is 0 Å². The SMILES string of the molecule is CCCC1CNC(CC)CN1Cc1ccc(Cl)c(F)c1. The number of benzene rings is 1. The van der Waals surface area contributed by atoms with E-state index in [0.717, 1.165) is 31.6 Å². The first-order chi connectivity index (χ1) is 9.63. The Balaban J connectivity index is 2.07. The number of hydrogen-bond acceptors (Lipinski definition) is 2. The highest BCUT2D eigenvalue weighted by Gasteiger charge is 2.26. The Kier molecular flexibility index (Phi) is 5.82. The van der Waals surface area contributed by atoms with E-state index in [-0.39, 0.29) is 10.8 Å². The summed E-state index contributed by atoms with van der Waals surface area (Å²) in [6, 6.07) is 6.23. The molecule has 1 aromatic carbocycles. The Morgan fingerprint density at radius 3 is 2.85 bits per heavy atom. The van der Waals surface area contributed by atoms with Crippen LogP contribution in [0.5, 0.6) is 0 Å². The van der Waals surface area contributed by atoms with E-state index < -0.39 is 0 Å². The van der Waals surface area contributed by atoms with Crippen molar-refractivity contribution < 1.29 is 4.39 Å². The molecule has 2 atom stereocenters. The number of halogens is 2. The molecule has 0 saturated carbocycles. The van der Waals surface area contributed by atoms with Gasteiger partial charge in [0.15, 0.2) is 0 Å². The van der Waals surface area contributed by atoms with E-state index in [1.807, 2.05) is 6.07 Å². The molecule has 1 N–H and O–H groups in total. The maximum atomic E-state index is 13.6. The molecule has 2 rings (SSSR count). The van der Waals surface area contributed by atoms with Crippen molar-refractivity contribution >= 4 is 11.6 Å². The highest BCUT2D eigenvalue weighted by Crippen LogP contribution is 2.20. The summed E-state index contributed by atoms with van der Waals surface area (Å²) in [5.74, 6) is -0.321. The number of hydrogen-bond donors (Lipinski definition) is 1. The summed E-state index contributed by atoms with van der Waals surface area (Å²) in [4.78, 5) is 2.48. The zero-order chi connectivity index (χ0) is 14.5. The fourth-order valence-electron chi connectivity index (χ4n) is 2.89. The van der Waals surface area contributed by atoms with Crippen LogP contribution in [0.25, 0.3) is 0 Å². The molecule has 4 heteroatoms. The molecule has 1 saturated heterocycles. The third-order valence-corrected chi connectivity index (χ3v) is 4.40. The molecule has 1 aliphatic heterocycles. The molecule has 1 heterocycles. The van der Waals surface area contributed by atoms with Crippen molar-refractivity contribution in [2.24, 2.45) is 0 Å². The fraction of sp³-hybridized carbons (Fsp3) is 0.625. The minimum absolute atomic E-state index is 0.200. The lowest BCUT2D eigenvalue weighted by Gasteiger charge is -2.40. The minimum atomic E-state index is -0.321. The second-order valence-electron chi connectivity index (χ2n) is 5.63. The number of nitrogens with zero attached hydrogens (tertiary/aromatic N) is 1. The van der Waals surface area contributed by atoms with E-state index in [9.17, 15) is 4.39 Å². The van der Waals surface area contributed by atoms with Gasteiger partial charge in [0.25, 0.3) is 0 Å². The van der Waals surface area contributed by atoms with Crippen LogP contribution >= 0.6 is 11.6 Å². The maximum absolute atomic E-state index is 13.6. The van der Waals surface area contributed by atoms with Gasteiger partial charge in [-0.05, 0) is 30.5 Å².